The number of nitrogens with zero attached hydrogens (tertiary/aromatic N) is 3. The molecule has 0 bridgehead atoms. The number of aliphatic hydroxyl groups is 1. The Labute approximate surface area is 144 Å². The van der Waals surface area contributed by atoms with Crippen molar-refractivity contribution in [2.75, 3.05) is 39.3 Å². The van der Waals surface area contributed by atoms with Gasteiger partial charge in [-0.2, -0.15) is 0 Å². The maximum absolute atomic E-state index is 12.3. The van der Waals surface area contributed by atoms with Gasteiger partial charge in [0.25, 0.3) is 0 Å². The van der Waals surface area contributed by atoms with Gasteiger partial charge >= 0.3 is 6.03 Å². The highest BCUT2D eigenvalue weighted by Gasteiger charge is 2.34. The molecular weight excluding hydrogens is 302 g/mol. The van der Waals surface area contributed by atoms with Crippen molar-refractivity contribution >= 4 is 6.03 Å². The van der Waals surface area contributed by atoms with Crippen LogP contribution in [-0.2, 0) is 0 Å². The Kier molecular flexibility index (Phi) is 5.74. The molecule has 5 heteroatoms. The van der Waals surface area contributed by atoms with Crippen LogP contribution < -0.4 is 0 Å². The highest BCUT2D eigenvalue weighted by Crippen LogP contribution is 2.23. The Morgan fingerprint density at radius 1 is 1.12 bits per heavy atom. The van der Waals surface area contributed by atoms with E-state index < -0.39 is 0 Å². The molecule has 0 aliphatic carbocycles. The lowest BCUT2D eigenvalue weighted by Gasteiger charge is -2.36. The normalized spacial score (nSPS) is 21.5. The van der Waals surface area contributed by atoms with Crippen molar-refractivity contribution in [1.29, 1.82) is 0 Å². The third-order valence-electron chi connectivity index (χ3n) is 5.41. The van der Waals surface area contributed by atoms with Gasteiger partial charge in [-0.05, 0) is 31.7 Å². The van der Waals surface area contributed by atoms with E-state index in [0.717, 1.165) is 64.1 Å². The van der Waals surface area contributed by atoms with Crippen LogP contribution >= 0.6 is 0 Å². The molecule has 0 radical (unpaired) electrons. The van der Waals surface area contributed by atoms with Crippen molar-refractivity contribution in [3.05, 3.63) is 35.9 Å². The van der Waals surface area contributed by atoms with Crippen LogP contribution in [0, 0.1) is 0 Å². The molecule has 1 aromatic carbocycles. The second kappa shape index (κ2) is 7.99. The summed E-state index contributed by atoms with van der Waals surface area (Å²) in [5, 5.41) is 10.3. The van der Waals surface area contributed by atoms with E-state index in [1.165, 1.54) is 0 Å². The van der Waals surface area contributed by atoms with Crippen LogP contribution in [0.4, 0.5) is 4.79 Å². The summed E-state index contributed by atoms with van der Waals surface area (Å²) in [6, 6.07) is 10.5. The first-order valence-electron chi connectivity index (χ1n) is 9.20. The molecule has 1 N–H and O–H groups in total. The van der Waals surface area contributed by atoms with Gasteiger partial charge in [0.15, 0.2) is 0 Å². The van der Waals surface area contributed by atoms with Crippen molar-refractivity contribution in [3.8, 4) is 0 Å². The number of amides is 2. The van der Waals surface area contributed by atoms with Gasteiger partial charge in [-0.15, -0.1) is 0 Å². The highest BCUT2D eigenvalue weighted by molar-refractivity contribution is 5.76. The van der Waals surface area contributed by atoms with Crippen molar-refractivity contribution in [1.82, 2.24) is 14.7 Å². The van der Waals surface area contributed by atoms with Gasteiger partial charge < -0.3 is 19.8 Å². The number of hydrogen-bond donors (Lipinski definition) is 1. The van der Waals surface area contributed by atoms with E-state index in [0.29, 0.717) is 6.04 Å². The fraction of sp³-hybridized carbons (Fsp3) is 0.632. The molecular formula is C19H29N3O2. The SMILES string of the molecule is CCN1CCN(C2CCN(CC[C@H](O)c3ccccc3)CC2)C1=O. The Morgan fingerprint density at radius 2 is 1.83 bits per heavy atom. The fourth-order valence-electron chi connectivity index (χ4n) is 3.83. The quantitative estimate of drug-likeness (QED) is 0.870. The molecule has 2 fully saturated rings. The standard InChI is InChI=1S/C19H29N3O2/c1-2-21-14-15-22(19(21)24)17-8-11-20(12-9-17)13-10-18(23)16-6-4-3-5-7-16/h3-7,17-18,23H,2,8-15H2,1H3/t18-/m0/s1. The number of rotatable bonds is 6. The van der Waals surface area contributed by atoms with Gasteiger partial charge in [-0.3, -0.25) is 0 Å². The van der Waals surface area contributed by atoms with Crippen LogP contribution in [0.25, 0.3) is 0 Å². The van der Waals surface area contributed by atoms with E-state index in [1.54, 1.807) is 0 Å². The summed E-state index contributed by atoms with van der Waals surface area (Å²) in [6.07, 6.45) is 2.47. The maximum atomic E-state index is 12.3. The van der Waals surface area contributed by atoms with Crippen LogP contribution in [-0.4, -0.2) is 71.1 Å². The molecule has 2 heterocycles. The minimum Gasteiger partial charge on any atom is -0.388 e. The van der Waals surface area contributed by atoms with Crippen molar-refractivity contribution < 1.29 is 9.90 Å². The minimum absolute atomic E-state index is 0.218. The molecule has 132 valence electrons. The Bertz CT molecular complexity index is 529. The molecule has 2 amide bonds. The van der Waals surface area contributed by atoms with Gasteiger partial charge in [-0.25, -0.2) is 4.79 Å². The summed E-state index contributed by atoms with van der Waals surface area (Å²) >= 11 is 0. The van der Waals surface area contributed by atoms with Gasteiger partial charge in [0, 0.05) is 45.3 Å². The lowest BCUT2D eigenvalue weighted by Crippen LogP contribution is -2.46. The molecule has 2 aliphatic rings. The third-order valence-corrected chi connectivity index (χ3v) is 5.41. The van der Waals surface area contributed by atoms with Crippen LogP contribution in [0.1, 0.15) is 37.9 Å². The van der Waals surface area contributed by atoms with E-state index in [1.807, 2.05) is 42.2 Å². The smallest absolute Gasteiger partial charge is 0.320 e. The average Bonchev–Trinajstić information content (AvgIpc) is 3.01. The number of urea groups is 1. The summed E-state index contributed by atoms with van der Waals surface area (Å²) in [7, 11) is 0. The van der Waals surface area contributed by atoms with Gasteiger partial charge in [0.05, 0.1) is 6.10 Å². The van der Waals surface area contributed by atoms with Crippen molar-refractivity contribution in [3.63, 3.8) is 0 Å². The van der Waals surface area contributed by atoms with E-state index in [2.05, 4.69) is 9.80 Å². The summed E-state index contributed by atoms with van der Waals surface area (Å²) in [4.78, 5) is 18.7. The monoisotopic (exact) mass is 331 g/mol. The van der Waals surface area contributed by atoms with Gasteiger partial charge in [0.2, 0.25) is 0 Å². The summed E-state index contributed by atoms with van der Waals surface area (Å²) in [5.74, 6) is 0. The van der Waals surface area contributed by atoms with E-state index in [-0.39, 0.29) is 12.1 Å². The summed E-state index contributed by atoms with van der Waals surface area (Å²) in [6.45, 7) is 7.55. The lowest BCUT2D eigenvalue weighted by atomic mass is 10.0. The first kappa shape index (κ1) is 17.2. The Balaban J connectivity index is 1.42. The van der Waals surface area contributed by atoms with E-state index in [4.69, 9.17) is 0 Å². The van der Waals surface area contributed by atoms with Gasteiger partial charge in [0.1, 0.15) is 0 Å². The maximum Gasteiger partial charge on any atom is 0.320 e. The highest BCUT2D eigenvalue weighted by atomic mass is 16.3. The van der Waals surface area contributed by atoms with Crippen molar-refractivity contribution in [2.24, 2.45) is 0 Å². The number of likely N-dealkylation sites (tertiary alicyclic amines) is 1. The van der Waals surface area contributed by atoms with Crippen LogP contribution in [0.2, 0.25) is 0 Å². The number of hydrogen-bond acceptors (Lipinski definition) is 3. The Morgan fingerprint density at radius 3 is 2.46 bits per heavy atom. The molecule has 0 spiro atoms. The van der Waals surface area contributed by atoms with E-state index >= 15 is 0 Å². The molecule has 5 nitrogen and oxygen atoms in total. The van der Waals surface area contributed by atoms with Crippen LogP contribution in [0.3, 0.4) is 0 Å². The zero-order valence-electron chi connectivity index (χ0n) is 14.6. The predicted octanol–water partition coefficient (Wildman–Crippen LogP) is 2.33. The first-order chi connectivity index (χ1) is 11.7. The number of carbonyl (C=O) groups is 1. The van der Waals surface area contributed by atoms with Crippen LogP contribution in [0.15, 0.2) is 30.3 Å². The zero-order valence-corrected chi connectivity index (χ0v) is 14.6. The minimum atomic E-state index is -0.387. The molecule has 3 rings (SSSR count). The number of likely N-dealkylation sites (N-methyl/N-ethyl adjacent to an activating group) is 1. The topological polar surface area (TPSA) is 47.0 Å². The second-order valence-corrected chi connectivity index (χ2v) is 6.84. The lowest BCUT2D eigenvalue weighted by molar-refractivity contribution is 0.107. The third kappa shape index (κ3) is 3.90. The molecule has 0 aromatic heterocycles. The van der Waals surface area contributed by atoms with E-state index in [9.17, 15) is 9.90 Å². The first-order valence-corrected chi connectivity index (χ1v) is 9.20. The molecule has 2 aliphatic heterocycles. The molecule has 1 aromatic rings. The van der Waals surface area contributed by atoms with Crippen molar-refractivity contribution in [2.45, 2.75) is 38.3 Å². The molecule has 24 heavy (non-hydrogen) atoms. The number of carbonyl (C=O) groups excluding carboxylic acids is 1. The zero-order chi connectivity index (χ0) is 16.9. The molecule has 0 saturated carbocycles. The molecule has 1 atom stereocenters. The average molecular weight is 331 g/mol. The number of aliphatic hydroxyl groups excluding tert-OH is 1. The second-order valence-electron chi connectivity index (χ2n) is 6.84. The van der Waals surface area contributed by atoms with Gasteiger partial charge in [-0.1, -0.05) is 30.3 Å². The summed E-state index contributed by atoms with van der Waals surface area (Å²) < 4.78 is 0. The molecule has 2 saturated heterocycles. The summed E-state index contributed by atoms with van der Waals surface area (Å²) in [5.41, 5.74) is 0.995. The largest absolute Gasteiger partial charge is 0.388 e. The Hall–Kier alpha value is -1.59. The molecule has 0 unspecified atom stereocenters. The number of piperidine rings is 1. The fourth-order valence-corrected chi connectivity index (χ4v) is 3.83. The van der Waals surface area contributed by atoms with Crippen LogP contribution in [0.5, 0.6) is 0 Å². The number of benzene rings is 1. The predicted molar refractivity (Wildman–Crippen MR) is 94.8 cm³/mol.